The van der Waals surface area contributed by atoms with Gasteiger partial charge in [0, 0.05) is 23.8 Å². The van der Waals surface area contributed by atoms with Gasteiger partial charge in [-0.15, -0.1) is 0 Å². The van der Waals surface area contributed by atoms with E-state index in [4.69, 9.17) is 5.84 Å². The van der Waals surface area contributed by atoms with Gasteiger partial charge in [-0.2, -0.15) is 5.10 Å². The minimum Gasteiger partial charge on any atom is -0.276 e. The van der Waals surface area contributed by atoms with Crippen LogP contribution in [0.25, 0.3) is 0 Å². The van der Waals surface area contributed by atoms with Crippen molar-refractivity contribution in [3.05, 3.63) is 52.3 Å². The fourth-order valence-corrected chi connectivity index (χ4v) is 2.56. The van der Waals surface area contributed by atoms with Crippen molar-refractivity contribution in [1.29, 1.82) is 0 Å². The van der Waals surface area contributed by atoms with Gasteiger partial charge in [-0.05, 0) is 30.0 Å². The number of aryl methyl sites for hydroxylation is 2. The molecule has 2 aromatic rings. The van der Waals surface area contributed by atoms with E-state index < -0.39 is 0 Å². The molecule has 0 spiro atoms. The molecule has 0 aliphatic rings. The Hall–Kier alpha value is -1.17. The first kappa shape index (κ1) is 13.3. The van der Waals surface area contributed by atoms with Gasteiger partial charge in [0.05, 0.1) is 6.20 Å². The summed E-state index contributed by atoms with van der Waals surface area (Å²) in [6.45, 7) is 0. The molecule has 18 heavy (non-hydrogen) atoms. The van der Waals surface area contributed by atoms with Gasteiger partial charge in [-0.25, -0.2) is 0 Å². The molecule has 3 N–H and O–H groups in total. The van der Waals surface area contributed by atoms with Crippen LogP contribution < -0.4 is 11.3 Å². The maximum absolute atomic E-state index is 5.65. The van der Waals surface area contributed by atoms with Crippen LogP contribution in [0, 0.1) is 0 Å². The molecule has 1 heterocycles. The Morgan fingerprint density at radius 1 is 1.44 bits per heavy atom. The third kappa shape index (κ3) is 3.19. The summed E-state index contributed by atoms with van der Waals surface area (Å²) in [5.74, 6) is 5.65. The van der Waals surface area contributed by atoms with Crippen molar-refractivity contribution in [2.75, 3.05) is 0 Å². The van der Waals surface area contributed by atoms with Gasteiger partial charge >= 0.3 is 0 Å². The van der Waals surface area contributed by atoms with Gasteiger partial charge in [0.25, 0.3) is 0 Å². The maximum atomic E-state index is 5.65. The summed E-state index contributed by atoms with van der Waals surface area (Å²) < 4.78 is 2.90. The Morgan fingerprint density at radius 2 is 2.22 bits per heavy atom. The fraction of sp³-hybridized carbons (Fsp3) is 0.308. The number of nitrogens with one attached hydrogen (secondary N) is 1. The highest BCUT2D eigenvalue weighted by Gasteiger charge is 2.12. The van der Waals surface area contributed by atoms with Crippen LogP contribution in [0.1, 0.15) is 23.6 Å². The van der Waals surface area contributed by atoms with Crippen molar-refractivity contribution in [2.24, 2.45) is 12.9 Å². The summed E-state index contributed by atoms with van der Waals surface area (Å²) in [5.41, 5.74) is 5.29. The van der Waals surface area contributed by atoms with Gasteiger partial charge in [0.1, 0.15) is 0 Å². The number of hydrogen-bond acceptors (Lipinski definition) is 3. The van der Waals surface area contributed by atoms with E-state index in [9.17, 15) is 0 Å². The Labute approximate surface area is 115 Å². The first-order valence-corrected chi connectivity index (χ1v) is 6.68. The predicted octanol–water partition coefficient (Wildman–Crippen LogP) is 2.32. The van der Waals surface area contributed by atoms with E-state index in [0.717, 1.165) is 17.3 Å². The van der Waals surface area contributed by atoms with Crippen molar-refractivity contribution in [2.45, 2.75) is 18.9 Å². The Bertz CT molecular complexity index is 509. The van der Waals surface area contributed by atoms with Crippen molar-refractivity contribution in [3.63, 3.8) is 0 Å². The van der Waals surface area contributed by atoms with E-state index in [2.05, 4.69) is 32.5 Å². The van der Waals surface area contributed by atoms with E-state index in [0.29, 0.717) is 0 Å². The van der Waals surface area contributed by atoms with Crippen molar-refractivity contribution in [1.82, 2.24) is 15.2 Å². The number of rotatable bonds is 5. The summed E-state index contributed by atoms with van der Waals surface area (Å²) in [6, 6.07) is 8.28. The van der Waals surface area contributed by atoms with E-state index in [1.54, 1.807) is 0 Å². The molecule has 1 atom stereocenters. The fourth-order valence-electron chi connectivity index (χ4n) is 2.00. The van der Waals surface area contributed by atoms with Gasteiger partial charge in [0.15, 0.2) is 0 Å². The SMILES string of the molecule is Cn1cc(CCC(NN)c2ccccc2Br)cn1. The summed E-state index contributed by atoms with van der Waals surface area (Å²) in [4.78, 5) is 0. The minimum absolute atomic E-state index is 0.140. The topological polar surface area (TPSA) is 55.9 Å². The Balaban J connectivity index is 2.04. The molecule has 4 nitrogen and oxygen atoms in total. The first-order valence-electron chi connectivity index (χ1n) is 5.89. The van der Waals surface area contributed by atoms with Gasteiger partial charge in [-0.1, -0.05) is 34.1 Å². The van der Waals surface area contributed by atoms with Crippen molar-refractivity contribution >= 4 is 15.9 Å². The highest BCUT2D eigenvalue weighted by atomic mass is 79.9. The Morgan fingerprint density at radius 3 is 2.83 bits per heavy atom. The lowest BCUT2D eigenvalue weighted by Crippen LogP contribution is -2.28. The molecule has 1 unspecified atom stereocenters. The average Bonchev–Trinajstić information content (AvgIpc) is 2.78. The largest absolute Gasteiger partial charge is 0.276 e. The molecule has 0 saturated heterocycles. The van der Waals surface area contributed by atoms with E-state index in [-0.39, 0.29) is 6.04 Å². The lowest BCUT2D eigenvalue weighted by molar-refractivity contribution is 0.514. The third-order valence-electron chi connectivity index (χ3n) is 2.96. The highest BCUT2D eigenvalue weighted by molar-refractivity contribution is 9.10. The molecule has 96 valence electrons. The summed E-state index contributed by atoms with van der Waals surface area (Å²) in [6.07, 6.45) is 5.82. The quantitative estimate of drug-likeness (QED) is 0.658. The number of benzene rings is 1. The molecule has 0 aliphatic heterocycles. The smallest absolute Gasteiger partial charge is 0.0521 e. The van der Waals surface area contributed by atoms with Gasteiger partial charge < -0.3 is 0 Å². The molecule has 0 amide bonds. The second kappa shape index (κ2) is 6.13. The van der Waals surface area contributed by atoms with E-state index in [1.165, 1.54) is 11.1 Å². The van der Waals surface area contributed by atoms with Crippen LogP contribution in [0.15, 0.2) is 41.1 Å². The van der Waals surface area contributed by atoms with Gasteiger partial charge in [0.2, 0.25) is 0 Å². The number of hydrazine groups is 1. The minimum atomic E-state index is 0.140. The summed E-state index contributed by atoms with van der Waals surface area (Å²) >= 11 is 3.56. The van der Waals surface area contributed by atoms with E-state index >= 15 is 0 Å². The van der Waals surface area contributed by atoms with Crippen LogP contribution >= 0.6 is 15.9 Å². The number of hydrogen-bond donors (Lipinski definition) is 2. The molecule has 0 fully saturated rings. The molecule has 0 bridgehead atoms. The molecule has 2 rings (SSSR count). The predicted molar refractivity (Wildman–Crippen MR) is 75.7 cm³/mol. The van der Waals surface area contributed by atoms with Crippen molar-refractivity contribution in [3.8, 4) is 0 Å². The van der Waals surface area contributed by atoms with Crippen LogP contribution in [0.2, 0.25) is 0 Å². The number of nitrogens with two attached hydrogens (primary N) is 1. The normalized spacial score (nSPS) is 12.6. The number of halogens is 1. The van der Waals surface area contributed by atoms with Crippen LogP contribution in [0.5, 0.6) is 0 Å². The summed E-state index contributed by atoms with van der Waals surface area (Å²) in [7, 11) is 1.93. The monoisotopic (exact) mass is 308 g/mol. The standard InChI is InChI=1S/C13H17BrN4/c1-18-9-10(8-16-18)6-7-13(17-15)11-4-2-3-5-12(11)14/h2-5,8-9,13,17H,6-7,15H2,1H3. The molecular weight excluding hydrogens is 292 g/mol. The zero-order chi connectivity index (χ0) is 13.0. The maximum Gasteiger partial charge on any atom is 0.0521 e. The second-order valence-electron chi connectivity index (χ2n) is 4.30. The zero-order valence-electron chi connectivity index (χ0n) is 10.3. The van der Waals surface area contributed by atoms with Crippen molar-refractivity contribution < 1.29 is 0 Å². The molecule has 5 heteroatoms. The van der Waals surface area contributed by atoms with Crippen LogP contribution in [-0.2, 0) is 13.5 Å². The number of aromatic nitrogens is 2. The van der Waals surface area contributed by atoms with E-state index in [1.807, 2.05) is 42.3 Å². The number of nitrogens with zero attached hydrogens (tertiary/aromatic N) is 2. The highest BCUT2D eigenvalue weighted by Crippen LogP contribution is 2.25. The molecule has 1 aromatic carbocycles. The van der Waals surface area contributed by atoms with Crippen LogP contribution in [0.3, 0.4) is 0 Å². The van der Waals surface area contributed by atoms with Crippen LogP contribution in [0.4, 0.5) is 0 Å². The molecule has 1 aromatic heterocycles. The summed E-state index contributed by atoms with van der Waals surface area (Å²) in [5, 5.41) is 4.17. The Kier molecular flexibility index (Phi) is 4.52. The lowest BCUT2D eigenvalue weighted by atomic mass is 10.0. The molecular formula is C13H17BrN4. The molecule has 0 radical (unpaired) electrons. The first-order chi connectivity index (χ1) is 8.70. The molecule has 0 saturated carbocycles. The van der Waals surface area contributed by atoms with Crippen LogP contribution in [-0.4, -0.2) is 9.78 Å². The zero-order valence-corrected chi connectivity index (χ0v) is 11.9. The second-order valence-corrected chi connectivity index (χ2v) is 5.16. The van der Waals surface area contributed by atoms with Gasteiger partial charge in [-0.3, -0.25) is 16.0 Å². The average molecular weight is 309 g/mol. The molecule has 0 aliphatic carbocycles. The third-order valence-corrected chi connectivity index (χ3v) is 3.68. The lowest BCUT2D eigenvalue weighted by Gasteiger charge is -2.17.